The number of amides is 1. The third kappa shape index (κ3) is 13.1. The molecule has 3 saturated heterocycles. The second-order valence-electron chi connectivity index (χ2n) is 28.6. The molecular formula is C64H107FN4O17. The maximum absolute atomic E-state index is 17.7. The van der Waals surface area contributed by atoms with Crippen LogP contribution in [0.15, 0.2) is 23.8 Å². The molecule has 4 aliphatic carbocycles. The molecule has 3 heterocycles. The average Bonchev–Trinajstić information content (AvgIpc) is 1.34. The van der Waals surface area contributed by atoms with Crippen LogP contribution in [-0.4, -0.2) is 226 Å². The number of aliphatic hydroxyl groups excluding tert-OH is 3. The summed E-state index contributed by atoms with van der Waals surface area (Å²) in [6.45, 7) is 23.6. The molecule has 0 aromatic heterocycles. The lowest BCUT2D eigenvalue weighted by Crippen LogP contribution is -2.70. The molecule has 8 N–H and O–H groups in total. The van der Waals surface area contributed by atoms with Gasteiger partial charge in [-0.1, -0.05) is 46.3 Å². The molecule has 6 fully saturated rings. The number of ether oxygens (including phenoxy) is 7. The number of rotatable bonds is 15. The summed E-state index contributed by atoms with van der Waals surface area (Å²) in [4.78, 5) is 58.5. The summed E-state index contributed by atoms with van der Waals surface area (Å²) in [5, 5.41) is 78.5. The molecule has 86 heavy (non-hydrogen) atoms. The molecule has 0 aromatic rings. The van der Waals surface area contributed by atoms with Crippen LogP contribution in [0, 0.1) is 46.3 Å². The van der Waals surface area contributed by atoms with E-state index in [9.17, 15) is 49.8 Å². The maximum atomic E-state index is 17.7. The van der Waals surface area contributed by atoms with Crippen LogP contribution in [0.3, 0.4) is 0 Å². The van der Waals surface area contributed by atoms with Gasteiger partial charge < -0.3 is 84.2 Å². The highest BCUT2D eigenvalue weighted by Crippen LogP contribution is 2.70. The number of allylic oxidation sites excluding steroid dienone is 4. The van der Waals surface area contributed by atoms with Gasteiger partial charge in [0.05, 0.1) is 48.5 Å². The lowest BCUT2D eigenvalue weighted by molar-refractivity contribution is -0.318. The van der Waals surface area contributed by atoms with E-state index in [-0.39, 0.29) is 75.6 Å². The smallest absolute Gasteiger partial charge is 0.311 e. The molecule has 3 aliphatic heterocycles. The second-order valence-corrected chi connectivity index (χ2v) is 28.6. The predicted molar refractivity (Wildman–Crippen MR) is 316 cm³/mol. The van der Waals surface area contributed by atoms with Crippen LogP contribution in [0.25, 0.3) is 0 Å². The summed E-state index contributed by atoms with van der Waals surface area (Å²) in [6.07, 6.45) is -5.54. The molecule has 0 spiro atoms. The number of nitrogens with one attached hydrogen (secondary N) is 2. The average molecular weight is 1220 g/mol. The lowest BCUT2D eigenvalue weighted by Gasteiger charge is -2.62. The second kappa shape index (κ2) is 26.6. The van der Waals surface area contributed by atoms with Gasteiger partial charge in [-0.05, 0) is 151 Å². The van der Waals surface area contributed by atoms with Crippen LogP contribution in [0.4, 0.5) is 4.39 Å². The van der Waals surface area contributed by atoms with Gasteiger partial charge in [0.2, 0.25) is 0 Å². The highest BCUT2D eigenvalue weighted by atomic mass is 19.1. The number of likely N-dealkylation sites (N-methyl/N-ethyl adjacent to an activating group) is 2. The molecule has 2 unspecified atom stereocenters. The number of nitrogens with zero attached hydrogens (tertiary/aromatic N) is 2. The van der Waals surface area contributed by atoms with Crippen molar-refractivity contribution in [2.75, 3.05) is 54.4 Å². The zero-order valence-electron chi connectivity index (χ0n) is 54.3. The fourth-order valence-electron chi connectivity index (χ4n) is 16.9. The highest BCUT2D eigenvalue weighted by Gasteiger charge is 2.76. The number of hydrogen-bond acceptors (Lipinski definition) is 20. The first kappa shape index (κ1) is 70.4. The number of fused-ring (bicyclic) bond motifs is 5. The minimum absolute atomic E-state index is 0.000939. The normalized spacial score (nSPS) is 48.0. The van der Waals surface area contributed by atoms with Crippen LogP contribution in [0.1, 0.15) is 148 Å². The number of carbonyl (C=O) groups excluding carboxylic acids is 4. The van der Waals surface area contributed by atoms with E-state index in [4.69, 9.17) is 33.2 Å². The summed E-state index contributed by atoms with van der Waals surface area (Å²) in [5.74, 6) is -5.98. The van der Waals surface area contributed by atoms with Crippen LogP contribution < -0.4 is 10.6 Å². The number of methoxy groups -OCH3 is 1. The van der Waals surface area contributed by atoms with Crippen molar-refractivity contribution >= 4 is 23.6 Å². The number of halogens is 1. The monoisotopic (exact) mass is 1220 g/mol. The molecule has 0 aromatic carbocycles. The predicted octanol–water partition coefficient (Wildman–Crippen LogP) is 3.90. The quantitative estimate of drug-likeness (QED) is 0.0853. The number of carbonyl (C=O) groups is 4. The minimum atomic E-state index is -2.09. The van der Waals surface area contributed by atoms with E-state index in [0.29, 0.717) is 37.8 Å². The largest absolute Gasteiger partial charge is 0.459 e. The van der Waals surface area contributed by atoms with Crippen LogP contribution in [0.2, 0.25) is 0 Å². The summed E-state index contributed by atoms with van der Waals surface area (Å²) in [5.41, 5.74) is -10.4. The molecule has 492 valence electrons. The van der Waals surface area contributed by atoms with Crippen molar-refractivity contribution in [3.8, 4) is 0 Å². The zero-order chi connectivity index (χ0) is 64.2. The standard InChI is InChI=1S/C64H107FN4O17/c1-18-47-62(13,78)52(74)39(7)69(16)33-34(2)30-60(11,77)53(86-56-50(73)45(68(14)15)28-36(4)81-56)37(5)51(38(6)55(75)83-47)85-49-32-61(12,80-17)54(40(8)82-49)84-48(72)22-24-66-25-26-67-57(76)64(79)35(3)27-44-43-20-19-41-29-42(70)21-23-58(41,9)63(43,65)46(71)31-59(44,64)10/h21,23,29,34-40,43-47,49-54,56,66,71,73-74,77-79H,18-20,22,24-28,30-33H2,1-17H3,(H,67,76)/t34-,35-,36-,37+,38-,39-,40+,43?,44?,45+,46+,47-,49+,50-,51+,52-,53-,54+,56+,58+,59+,60-,61-,62-,63+,64+/m1/s1. The van der Waals surface area contributed by atoms with Crippen molar-refractivity contribution in [3.63, 3.8) is 0 Å². The summed E-state index contributed by atoms with van der Waals surface area (Å²) >= 11 is 0. The van der Waals surface area contributed by atoms with Crippen molar-refractivity contribution in [2.45, 2.75) is 255 Å². The van der Waals surface area contributed by atoms with Crippen molar-refractivity contribution in [2.24, 2.45) is 46.3 Å². The summed E-state index contributed by atoms with van der Waals surface area (Å²) in [6, 6.07) is -0.945. The molecule has 0 radical (unpaired) electrons. The first-order chi connectivity index (χ1) is 39.9. The van der Waals surface area contributed by atoms with Gasteiger partial charge in [-0.15, -0.1) is 0 Å². The van der Waals surface area contributed by atoms with Crippen molar-refractivity contribution < 1.29 is 87.4 Å². The minimum Gasteiger partial charge on any atom is -0.459 e. The third-order valence-corrected chi connectivity index (χ3v) is 22.1. The van der Waals surface area contributed by atoms with Crippen molar-refractivity contribution in [3.05, 3.63) is 23.8 Å². The zero-order valence-corrected chi connectivity index (χ0v) is 54.3. The van der Waals surface area contributed by atoms with Gasteiger partial charge in [0.15, 0.2) is 35.7 Å². The van der Waals surface area contributed by atoms with Crippen molar-refractivity contribution in [1.82, 2.24) is 20.4 Å². The summed E-state index contributed by atoms with van der Waals surface area (Å²) in [7, 11) is 7.03. The van der Waals surface area contributed by atoms with Gasteiger partial charge in [0.25, 0.3) is 5.91 Å². The van der Waals surface area contributed by atoms with Crippen LogP contribution in [0.5, 0.6) is 0 Å². The molecule has 0 bridgehead atoms. The molecular weight excluding hydrogens is 1120 g/mol. The molecule has 3 saturated carbocycles. The van der Waals surface area contributed by atoms with Gasteiger partial charge in [0, 0.05) is 74.5 Å². The number of cyclic esters (lactones) is 1. The Morgan fingerprint density at radius 3 is 2.20 bits per heavy atom. The van der Waals surface area contributed by atoms with Gasteiger partial charge in [-0.3, -0.25) is 19.2 Å². The Hall–Kier alpha value is -3.07. The number of alkyl halides is 1. The van der Waals surface area contributed by atoms with Crippen LogP contribution in [-0.2, 0) is 52.3 Å². The first-order valence-electron chi connectivity index (χ1n) is 31.7. The number of hydrogen-bond donors (Lipinski definition) is 8. The van der Waals surface area contributed by atoms with E-state index in [2.05, 4.69) is 10.6 Å². The Morgan fingerprint density at radius 1 is 0.884 bits per heavy atom. The number of aliphatic hydroxyl groups is 6. The van der Waals surface area contributed by atoms with Crippen molar-refractivity contribution in [1.29, 1.82) is 0 Å². The molecule has 7 aliphatic rings. The Bertz CT molecular complexity index is 2470. The van der Waals surface area contributed by atoms with E-state index < -0.39 is 154 Å². The number of ketones is 1. The molecule has 1 amide bonds. The fraction of sp³-hybridized carbons (Fsp3) is 0.875. The van der Waals surface area contributed by atoms with Gasteiger partial charge in [-0.2, -0.15) is 0 Å². The molecule has 7 rings (SSSR count). The fourth-order valence-corrected chi connectivity index (χ4v) is 16.9. The maximum Gasteiger partial charge on any atom is 0.311 e. The number of esters is 2. The Labute approximate surface area is 509 Å². The van der Waals surface area contributed by atoms with Gasteiger partial charge >= 0.3 is 11.9 Å². The van der Waals surface area contributed by atoms with Crippen LogP contribution >= 0.6 is 0 Å². The first-order valence-corrected chi connectivity index (χ1v) is 31.7. The Kier molecular flexibility index (Phi) is 21.8. The molecule has 22 heteroatoms. The Balaban J connectivity index is 1.02. The van der Waals surface area contributed by atoms with E-state index in [1.165, 1.54) is 26.2 Å². The Morgan fingerprint density at radius 2 is 1.56 bits per heavy atom. The van der Waals surface area contributed by atoms with E-state index in [1.54, 1.807) is 75.3 Å². The molecule has 21 nitrogen and oxygen atoms in total. The van der Waals surface area contributed by atoms with Gasteiger partial charge in [-0.25, -0.2) is 4.39 Å². The molecule has 26 atom stereocenters. The summed E-state index contributed by atoms with van der Waals surface area (Å²) < 4.78 is 62.7. The topological polar surface area (TPSA) is 285 Å². The third-order valence-electron chi connectivity index (χ3n) is 22.1. The SMILES string of the molecule is CC[C@H]1OC(=O)[C@H](C)[C@@H](O[C@H]2C[C@@](C)(OC)[C@@H](OC(=O)CCNCCNC(=O)[C@@]3(O)[C@H](C)CC4C5CCC6=CC(=O)C=C[C@]6(C)[C@@]5(F)[C@@H](O)C[C@@]43C)[C@H](C)O2)[C@H](C)[C@@H](O[C@@H]2O[C@H](C)C[C@H](N(C)C)[C@H]2O)[C@](C)(O)C[C@@H](C)CN(C)[C@H](C)[C@@H](O)[C@]1(C)O. The van der Waals surface area contributed by atoms with E-state index in [0.717, 1.165) is 0 Å². The van der Waals surface area contributed by atoms with Gasteiger partial charge in [0.1, 0.15) is 29.5 Å². The van der Waals surface area contributed by atoms with E-state index >= 15 is 4.39 Å². The highest BCUT2D eigenvalue weighted by molar-refractivity contribution is 6.01. The lowest BCUT2D eigenvalue weighted by atomic mass is 9.44. The van der Waals surface area contributed by atoms with E-state index in [1.807, 2.05) is 44.8 Å².